The highest BCUT2D eigenvalue weighted by molar-refractivity contribution is 5.84. The van der Waals surface area contributed by atoms with Gasteiger partial charge in [0.15, 0.2) is 0 Å². The summed E-state index contributed by atoms with van der Waals surface area (Å²) >= 11 is 0. The molecule has 0 amide bonds. The second-order valence-electron chi connectivity index (χ2n) is 13.3. The molecule has 1 fully saturated rings. The number of H-pyrrole nitrogens is 1. The van der Waals surface area contributed by atoms with Crippen LogP contribution in [0.3, 0.4) is 0 Å². The van der Waals surface area contributed by atoms with Gasteiger partial charge in [0.2, 0.25) is 0 Å². The molecule has 1 aliphatic rings. The second kappa shape index (κ2) is 16.5. The highest BCUT2D eigenvalue weighted by Crippen LogP contribution is 2.39. The van der Waals surface area contributed by atoms with Crippen LogP contribution in [0.2, 0.25) is 0 Å². The lowest BCUT2D eigenvalue weighted by Crippen LogP contribution is -2.33. The first kappa shape index (κ1) is 33.4. The number of aromatic amines is 1. The number of fused-ring (bicyclic) bond motifs is 1. The SMILES string of the molecule is CCCCCCCC/C=C\CCCCCCCC(=O)OC[C@H](c1c[nH]c2ccc(C[C@@H]3OC3(C)C)cc12)C(C)(C)O. The van der Waals surface area contributed by atoms with E-state index in [-0.39, 0.29) is 30.2 Å². The van der Waals surface area contributed by atoms with Crippen LogP contribution in [0.5, 0.6) is 0 Å². The minimum Gasteiger partial charge on any atom is -0.465 e. The average molecular weight is 568 g/mol. The summed E-state index contributed by atoms with van der Waals surface area (Å²) in [5.74, 6) is -0.497. The van der Waals surface area contributed by atoms with Crippen LogP contribution in [-0.2, 0) is 20.7 Å². The minimum absolute atomic E-state index is 0.0518. The number of allylic oxidation sites excluding steroid dienone is 2. The number of benzene rings is 1. The number of epoxide rings is 1. The van der Waals surface area contributed by atoms with Gasteiger partial charge in [-0.2, -0.15) is 0 Å². The smallest absolute Gasteiger partial charge is 0.305 e. The van der Waals surface area contributed by atoms with E-state index in [9.17, 15) is 9.90 Å². The number of hydrogen-bond acceptors (Lipinski definition) is 4. The number of ether oxygens (including phenoxy) is 2. The fourth-order valence-electron chi connectivity index (χ4n) is 5.70. The maximum Gasteiger partial charge on any atom is 0.305 e. The Hall–Kier alpha value is -2.11. The number of carbonyl (C=O) groups is 1. The van der Waals surface area contributed by atoms with Crippen molar-refractivity contribution in [1.82, 2.24) is 4.98 Å². The van der Waals surface area contributed by atoms with Crippen LogP contribution in [0.15, 0.2) is 36.5 Å². The van der Waals surface area contributed by atoms with Crippen molar-refractivity contribution in [2.24, 2.45) is 0 Å². The van der Waals surface area contributed by atoms with E-state index in [0.717, 1.165) is 48.6 Å². The van der Waals surface area contributed by atoms with Gasteiger partial charge in [-0.05, 0) is 83.1 Å². The van der Waals surface area contributed by atoms with Gasteiger partial charge in [0.05, 0.1) is 17.3 Å². The molecule has 0 saturated carbocycles. The maximum atomic E-state index is 12.6. The van der Waals surface area contributed by atoms with Crippen molar-refractivity contribution in [2.45, 2.75) is 154 Å². The van der Waals surface area contributed by atoms with Gasteiger partial charge in [-0.15, -0.1) is 0 Å². The third kappa shape index (κ3) is 11.6. The van der Waals surface area contributed by atoms with Gasteiger partial charge in [-0.3, -0.25) is 4.79 Å². The predicted molar refractivity (Wildman–Crippen MR) is 170 cm³/mol. The van der Waals surface area contributed by atoms with E-state index in [1.807, 2.05) is 6.20 Å². The highest BCUT2D eigenvalue weighted by Gasteiger charge is 2.47. The minimum atomic E-state index is -1.03. The number of carbonyl (C=O) groups excluding carboxylic acids is 1. The van der Waals surface area contributed by atoms with Gasteiger partial charge in [0.1, 0.15) is 6.61 Å². The van der Waals surface area contributed by atoms with E-state index in [1.165, 1.54) is 63.4 Å². The lowest BCUT2D eigenvalue weighted by Gasteiger charge is -2.29. The maximum absolute atomic E-state index is 12.6. The number of unbranched alkanes of at least 4 members (excludes halogenated alkanes) is 11. The van der Waals surface area contributed by atoms with Crippen LogP contribution in [0.4, 0.5) is 0 Å². The van der Waals surface area contributed by atoms with Crippen LogP contribution < -0.4 is 0 Å². The fourth-order valence-corrected chi connectivity index (χ4v) is 5.70. The molecule has 2 aromatic rings. The Kier molecular flexibility index (Phi) is 13.4. The molecule has 230 valence electrons. The number of nitrogens with one attached hydrogen (secondary N) is 1. The van der Waals surface area contributed by atoms with Gasteiger partial charge in [-0.25, -0.2) is 0 Å². The molecular weight excluding hydrogens is 510 g/mol. The first-order valence-corrected chi connectivity index (χ1v) is 16.4. The molecule has 5 heteroatoms. The Morgan fingerprint density at radius 1 is 1.02 bits per heavy atom. The molecule has 41 heavy (non-hydrogen) atoms. The molecule has 1 saturated heterocycles. The largest absolute Gasteiger partial charge is 0.465 e. The van der Waals surface area contributed by atoms with Gasteiger partial charge in [-0.1, -0.05) is 76.5 Å². The summed E-state index contributed by atoms with van der Waals surface area (Å²) in [6, 6.07) is 6.40. The van der Waals surface area contributed by atoms with E-state index in [1.54, 1.807) is 13.8 Å². The molecule has 1 aromatic carbocycles. The summed E-state index contributed by atoms with van der Waals surface area (Å²) in [6.45, 7) is 10.3. The Labute approximate surface area is 249 Å². The van der Waals surface area contributed by atoms with E-state index in [0.29, 0.717) is 6.42 Å². The predicted octanol–water partition coefficient (Wildman–Crippen LogP) is 9.32. The summed E-state index contributed by atoms with van der Waals surface area (Å²) in [5, 5.41) is 12.1. The number of aliphatic hydroxyl groups is 1. The van der Waals surface area contributed by atoms with Gasteiger partial charge in [0, 0.05) is 35.9 Å². The molecule has 1 aromatic heterocycles. The number of esters is 1. The van der Waals surface area contributed by atoms with Gasteiger partial charge >= 0.3 is 5.97 Å². The van der Waals surface area contributed by atoms with Crippen LogP contribution in [0.25, 0.3) is 10.9 Å². The van der Waals surface area contributed by atoms with Crippen LogP contribution in [0.1, 0.15) is 142 Å². The molecule has 0 spiro atoms. The fraction of sp³-hybridized carbons (Fsp3) is 0.694. The zero-order chi connectivity index (χ0) is 29.7. The zero-order valence-corrected chi connectivity index (χ0v) is 26.6. The standard InChI is InChI=1S/C36H57NO4/c1-6-7-8-9-10-11-12-13-14-15-16-17-18-19-20-21-34(38)40-27-31(35(2,3)39)30-26-37-32-23-22-28(24-29(30)32)25-33-36(4,5)41-33/h13-14,22-24,26,31,33,37,39H,6-12,15-21,25,27H2,1-5H3/b14-13-/t31-,33+/m1/s1. The van der Waals surface area contributed by atoms with Crippen molar-refractivity contribution in [1.29, 1.82) is 0 Å². The topological polar surface area (TPSA) is 74.9 Å². The summed E-state index contributed by atoms with van der Waals surface area (Å²) in [5.41, 5.74) is 2.14. The third-order valence-electron chi connectivity index (χ3n) is 8.65. The quantitative estimate of drug-likeness (QED) is 0.0682. The molecule has 5 nitrogen and oxygen atoms in total. The van der Waals surface area contributed by atoms with Crippen molar-refractivity contribution < 1.29 is 19.4 Å². The van der Waals surface area contributed by atoms with E-state index < -0.39 is 5.60 Å². The number of aromatic nitrogens is 1. The summed E-state index contributed by atoms with van der Waals surface area (Å²) in [4.78, 5) is 15.9. The lowest BCUT2D eigenvalue weighted by atomic mass is 9.85. The second-order valence-corrected chi connectivity index (χ2v) is 13.3. The first-order valence-electron chi connectivity index (χ1n) is 16.4. The van der Waals surface area contributed by atoms with Gasteiger partial charge in [0.25, 0.3) is 0 Å². The van der Waals surface area contributed by atoms with E-state index >= 15 is 0 Å². The zero-order valence-electron chi connectivity index (χ0n) is 26.6. The summed E-state index contributed by atoms with van der Waals surface area (Å²) < 4.78 is 11.5. The van der Waals surface area contributed by atoms with Crippen LogP contribution in [0, 0.1) is 0 Å². The van der Waals surface area contributed by atoms with Gasteiger partial charge < -0.3 is 19.6 Å². The third-order valence-corrected chi connectivity index (χ3v) is 8.65. The Bertz CT molecular complexity index is 1080. The Morgan fingerprint density at radius 2 is 1.63 bits per heavy atom. The Balaban J connectivity index is 1.33. The van der Waals surface area contributed by atoms with Crippen molar-refractivity contribution in [3.05, 3.63) is 47.7 Å². The molecule has 0 radical (unpaired) electrons. The summed E-state index contributed by atoms with van der Waals surface area (Å²) in [7, 11) is 0. The normalized spacial score (nSPS) is 17.4. The molecular formula is C36H57NO4. The number of hydrogen-bond donors (Lipinski definition) is 2. The number of rotatable bonds is 21. The average Bonchev–Trinajstić information content (AvgIpc) is 3.31. The lowest BCUT2D eigenvalue weighted by molar-refractivity contribution is -0.145. The highest BCUT2D eigenvalue weighted by atomic mass is 16.6. The monoisotopic (exact) mass is 567 g/mol. The first-order chi connectivity index (χ1) is 19.6. The van der Waals surface area contributed by atoms with Crippen molar-refractivity contribution in [3.8, 4) is 0 Å². The van der Waals surface area contributed by atoms with E-state index in [4.69, 9.17) is 9.47 Å². The molecule has 2 heterocycles. The summed E-state index contributed by atoms with van der Waals surface area (Å²) in [6.07, 6.45) is 24.2. The molecule has 2 atom stereocenters. The Morgan fingerprint density at radius 3 is 2.24 bits per heavy atom. The molecule has 1 aliphatic heterocycles. The van der Waals surface area contributed by atoms with E-state index in [2.05, 4.69) is 56.1 Å². The molecule has 3 rings (SSSR count). The van der Waals surface area contributed by atoms with Crippen LogP contribution in [-0.4, -0.2) is 40.0 Å². The van der Waals surface area contributed by atoms with Crippen LogP contribution >= 0.6 is 0 Å². The molecule has 0 unspecified atom stereocenters. The molecule has 2 N–H and O–H groups in total. The molecule has 0 aliphatic carbocycles. The van der Waals surface area contributed by atoms with Crippen molar-refractivity contribution in [3.63, 3.8) is 0 Å². The van der Waals surface area contributed by atoms with Crippen molar-refractivity contribution >= 4 is 16.9 Å². The van der Waals surface area contributed by atoms with Crippen molar-refractivity contribution in [2.75, 3.05) is 6.61 Å². The molecule has 0 bridgehead atoms.